The average molecular weight is 423 g/mol. The first-order chi connectivity index (χ1) is 15.3. The lowest BCUT2D eigenvalue weighted by Gasteiger charge is -2.33. The number of hydrogen-bond acceptors (Lipinski definition) is 8. The van der Waals surface area contributed by atoms with Gasteiger partial charge in [0, 0.05) is 32.2 Å². The summed E-state index contributed by atoms with van der Waals surface area (Å²) >= 11 is 0. The van der Waals surface area contributed by atoms with Crippen molar-refractivity contribution in [2.45, 2.75) is 31.7 Å². The molecule has 2 aliphatic heterocycles. The first-order valence-electron chi connectivity index (χ1n) is 11.2. The van der Waals surface area contributed by atoms with Crippen molar-refractivity contribution in [2.75, 3.05) is 51.7 Å². The van der Waals surface area contributed by atoms with Gasteiger partial charge in [-0.25, -0.2) is 4.98 Å². The Morgan fingerprint density at radius 3 is 2.42 bits per heavy atom. The second-order valence-corrected chi connectivity index (χ2v) is 8.41. The maximum Gasteiger partial charge on any atom is 0.225 e. The molecule has 2 aromatic heterocycles. The normalized spacial score (nSPS) is 18.6. The Kier molecular flexibility index (Phi) is 5.95. The zero-order valence-electron chi connectivity index (χ0n) is 18.1. The molecule has 9 heteroatoms. The van der Waals surface area contributed by atoms with Crippen molar-refractivity contribution in [1.82, 2.24) is 34.8 Å². The van der Waals surface area contributed by atoms with Crippen molar-refractivity contribution < 1.29 is 4.74 Å². The van der Waals surface area contributed by atoms with Crippen molar-refractivity contribution >= 4 is 17.1 Å². The number of nitrogens with one attached hydrogen (secondary N) is 1. The third kappa shape index (κ3) is 4.62. The molecule has 2 fully saturated rings. The van der Waals surface area contributed by atoms with Crippen molar-refractivity contribution in [3.8, 4) is 11.4 Å². The summed E-state index contributed by atoms with van der Waals surface area (Å²) < 4.78 is 6.98. The van der Waals surface area contributed by atoms with Gasteiger partial charge in [-0.3, -0.25) is 0 Å². The minimum absolute atomic E-state index is 0.394. The van der Waals surface area contributed by atoms with E-state index in [0.717, 1.165) is 37.4 Å². The SMILES string of the molecule is COc1ccc(-n2nnc3cnc(NC4CCN(CCN5CCCC5)CC4)nc32)cc1. The van der Waals surface area contributed by atoms with Gasteiger partial charge in [-0.15, -0.1) is 5.10 Å². The lowest BCUT2D eigenvalue weighted by atomic mass is 10.1. The molecule has 0 saturated carbocycles. The molecular formula is C22H30N8O. The molecule has 0 unspecified atom stereocenters. The smallest absolute Gasteiger partial charge is 0.225 e. The van der Waals surface area contributed by atoms with E-state index in [1.165, 1.54) is 39.0 Å². The molecule has 31 heavy (non-hydrogen) atoms. The number of anilines is 1. The van der Waals surface area contributed by atoms with Crippen LogP contribution < -0.4 is 10.1 Å². The Bertz CT molecular complexity index is 990. The maximum atomic E-state index is 5.24. The van der Waals surface area contributed by atoms with Crippen LogP contribution in [0.1, 0.15) is 25.7 Å². The third-order valence-electron chi connectivity index (χ3n) is 6.36. The van der Waals surface area contributed by atoms with Gasteiger partial charge >= 0.3 is 0 Å². The van der Waals surface area contributed by atoms with Crippen LogP contribution in [0.4, 0.5) is 5.95 Å². The molecule has 0 radical (unpaired) electrons. The zero-order chi connectivity index (χ0) is 21.0. The summed E-state index contributed by atoms with van der Waals surface area (Å²) in [5, 5.41) is 12.0. The number of hydrogen-bond donors (Lipinski definition) is 1. The zero-order valence-corrected chi connectivity index (χ0v) is 18.1. The van der Waals surface area contributed by atoms with E-state index in [4.69, 9.17) is 9.72 Å². The Morgan fingerprint density at radius 1 is 1.00 bits per heavy atom. The van der Waals surface area contributed by atoms with Crippen molar-refractivity contribution in [3.63, 3.8) is 0 Å². The quantitative estimate of drug-likeness (QED) is 0.620. The van der Waals surface area contributed by atoms with Gasteiger partial charge in [-0.05, 0) is 63.0 Å². The van der Waals surface area contributed by atoms with Gasteiger partial charge in [-0.1, -0.05) is 5.21 Å². The number of benzene rings is 1. The topological polar surface area (TPSA) is 84.2 Å². The first kappa shape index (κ1) is 20.1. The van der Waals surface area contributed by atoms with E-state index < -0.39 is 0 Å². The van der Waals surface area contributed by atoms with Crippen LogP contribution in [-0.2, 0) is 0 Å². The molecule has 1 N–H and O–H groups in total. The van der Waals surface area contributed by atoms with Crippen LogP contribution in [0.2, 0.25) is 0 Å². The summed E-state index contributed by atoms with van der Waals surface area (Å²) in [6.45, 7) is 7.19. The third-order valence-corrected chi connectivity index (χ3v) is 6.36. The van der Waals surface area contributed by atoms with E-state index in [2.05, 4.69) is 30.4 Å². The molecule has 164 valence electrons. The lowest BCUT2D eigenvalue weighted by molar-refractivity contribution is 0.189. The molecule has 0 atom stereocenters. The highest BCUT2D eigenvalue weighted by molar-refractivity contribution is 5.72. The highest BCUT2D eigenvalue weighted by Crippen LogP contribution is 2.20. The van der Waals surface area contributed by atoms with Gasteiger partial charge in [0.2, 0.25) is 5.95 Å². The van der Waals surface area contributed by atoms with Crippen LogP contribution in [0.15, 0.2) is 30.5 Å². The summed E-state index contributed by atoms with van der Waals surface area (Å²) in [4.78, 5) is 14.4. The Labute approximate surface area is 182 Å². The second-order valence-electron chi connectivity index (χ2n) is 8.41. The van der Waals surface area contributed by atoms with Gasteiger partial charge < -0.3 is 19.9 Å². The number of likely N-dealkylation sites (tertiary alicyclic amines) is 2. The van der Waals surface area contributed by atoms with E-state index in [1.807, 2.05) is 24.3 Å². The number of piperidine rings is 1. The fraction of sp³-hybridized carbons (Fsp3) is 0.545. The van der Waals surface area contributed by atoms with Crippen molar-refractivity contribution in [1.29, 1.82) is 0 Å². The van der Waals surface area contributed by atoms with Gasteiger partial charge in [0.25, 0.3) is 0 Å². The van der Waals surface area contributed by atoms with E-state index in [9.17, 15) is 0 Å². The predicted octanol–water partition coefficient (Wildman–Crippen LogP) is 2.19. The molecule has 2 aliphatic rings. The van der Waals surface area contributed by atoms with Crippen LogP contribution >= 0.6 is 0 Å². The summed E-state index contributed by atoms with van der Waals surface area (Å²) in [6.07, 6.45) is 6.68. The minimum atomic E-state index is 0.394. The van der Waals surface area contributed by atoms with E-state index in [0.29, 0.717) is 23.2 Å². The lowest BCUT2D eigenvalue weighted by Crippen LogP contribution is -2.42. The Hall–Kier alpha value is -2.78. The summed E-state index contributed by atoms with van der Waals surface area (Å²) in [5.41, 5.74) is 2.27. The first-order valence-corrected chi connectivity index (χ1v) is 11.2. The van der Waals surface area contributed by atoms with Gasteiger partial charge in [-0.2, -0.15) is 9.67 Å². The van der Waals surface area contributed by atoms with Gasteiger partial charge in [0.05, 0.1) is 19.0 Å². The maximum absolute atomic E-state index is 5.24. The van der Waals surface area contributed by atoms with Crippen LogP contribution in [0.5, 0.6) is 5.75 Å². The van der Waals surface area contributed by atoms with Crippen LogP contribution in [0.25, 0.3) is 16.9 Å². The Balaban J connectivity index is 1.21. The molecule has 0 aliphatic carbocycles. The molecule has 0 bridgehead atoms. The number of fused-ring (bicyclic) bond motifs is 1. The molecule has 0 amide bonds. The molecule has 4 heterocycles. The average Bonchev–Trinajstić information content (AvgIpc) is 3.48. The molecule has 0 spiro atoms. The van der Waals surface area contributed by atoms with Crippen LogP contribution in [0.3, 0.4) is 0 Å². The standard InChI is InChI=1S/C22H30N8O/c1-31-19-6-4-18(5-7-19)30-21-20(26-27-30)16-23-22(25-21)24-17-8-12-29(13-9-17)15-14-28-10-2-3-11-28/h4-7,16-17H,2-3,8-15H2,1H3,(H,23,24,25). The number of aromatic nitrogens is 5. The molecule has 9 nitrogen and oxygen atoms in total. The number of methoxy groups -OCH3 is 1. The molecule has 3 aromatic rings. The van der Waals surface area contributed by atoms with E-state index in [-0.39, 0.29) is 0 Å². The summed E-state index contributed by atoms with van der Waals surface area (Å²) in [5.74, 6) is 1.44. The number of rotatable bonds is 7. The Morgan fingerprint density at radius 2 is 1.71 bits per heavy atom. The summed E-state index contributed by atoms with van der Waals surface area (Å²) in [6, 6.07) is 8.09. The molecule has 2 saturated heterocycles. The predicted molar refractivity (Wildman–Crippen MR) is 120 cm³/mol. The highest BCUT2D eigenvalue weighted by Gasteiger charge is 2.21. The minimum Gasteiger partial charge on any atom is -0.497 e. The second kappa shape index (κ2) is 9.15. The molecular weight excluding hydrogens is 392 g/mol. The fourth-order valence-corrected chi connectivity index (χ4v) is 4.47. The monoisotopic (exact) mass is 422 g/mol. The number of ether oxygens (including phenoxy) is 1. The van der Waals surface area contributed by atoms with E-state index >= 15 is 0 Å². The van der Waals surface area contributed by atoms with Crippen molar-refractivity contribution in [2.24, 2.45) is 0 Å². The molecule has 1 aromatic carbocycles. The van der Waals surface area contributed by atoms with Gasteiger partial charge in [0.1, 0.15) is 5.75 Å². The largest absolute Gasteiger partial charge is 0.497 e. The summed E-state index contributed by atoms with van der Waals surface area (Å²) in [7, 11) is 1.66. The van der Waals surface area contributed by atoms with Crippen LogP contribution in [-0.4, -0.2) is 87.2 Å². The fourth-order valence-electron chi connectivity index (χ4n) is 4.47. The van der Waals surface area contributed by atoms with Gasteiger partial charge in [0.15, 0.2) is 11.2 Å². The number of nitrogens with zero attached hydrogens (tertiary/aromatic N) is 7. The highest BCUT2D eigenvalue weighted by atomic mass is 16.5. The van der Waals surface area contributed by atoms with Crippen LogP contribution in [0, 0.1) is 0 Å². The molecule has 5 rings (SSSR count). The van der Waals surface area contributed by atoms with E-state index in [1.54, 1.807) is 18.0 Å². The van der Waals surface area contributed by atoms with Crippen molar-refractivity contribution in [3.05, 3.63) is 30.5 Å².